The molecule has 112 valence electrons. The Bertz CT molecular complexity index is 566. The second-order valence-electron chi connectivity index (χ2n) is 6.28. The number of likely N-dealkylation sites (tertiary alicyclic amines) is 1. The van der Waals surface area contributed by atoms with Crippen LogP contribution in [0.5, 0.6) is 0 Å². The number of aromatic nitrogens is 3. The van der Waals surface area contributed by atoms with Crippen LogP contribution in [0, 0.1) is 5.41 Å². The molecule has 2 aromatic heterocycles. The Morgan fingerprint density at radius 1 is 1.38 bits per heavy atom. The van der Waals surface area contributed by atoms with Crippen LogP contribution in [-0.2, 0) is 6.54 Å². The number of piperidine rings is 1. The van der Waals surface area contributed by atoms with Crippen LogP contribution in [0.4, 0.5) is 0 Å². The van der Waals surface area contributed by atoms with Crippen molar-refractivity contribution in [1.82, 2.24) is 19.4 Å². The molecule has 1 aliphatic rings. The highest BCUT2D eigenvalue weighted by Crippen LogP contribution is 2.29. The lowest BCUT2D eigenvalue weighted by molar-refractivity contribution is 0.0429. The molecule has 1 atom stereocenters. The molecule has 0 spiro atoms. The molecule has 1 N–H and O–H groups in total. The highest BCUT2D eigenvalue weighted by atomic mass is 16.3. The normalized spacial score (nSPS) is 23.3. The van der Waals surface area contributed by atoms with Crippen LogP contribution >= 0.6 is 0 Å². The molecule has 5 heteroatoms. The van der Waals surface area contributed by atoms with Crippen molar-refractivity contribution in [3.05, 3.63) is 42.6 Å². The number of aliphatic hydroxyl groups is 1. The predicted octanol–water partition coefficient (Wildman–Crippen LogP) is 1.86. The number of hydrogen-bond donors (Lipinski definition) is 1. The van der Waals surface area contributed by atoms with Crippen molar-refractivity contribution in [3.8, 4) is 5.82 Å². The van der Waals surface area contributed by atoms with Crippen LogP contribution in [0.25, 0.3) is 5.82 Å². The Hall–Kier alpha value is -1.72. The molecular weight excluding hydrogens is 264 g/mol. The van der Waals surface area contributed by atoms with E-state index in [9.17, 15) is 5.11 Å². The number of hydrogen-bond acceptors (Lipinski definition) is 4. The topological polar surface area (TPSA) is 54.2 Å². The fourth-order valence-corrected chi connectivity index (χ4v) is 3.01. The summed E-state index contributed by atoms with van der Waals surface area (Å²) in [5.41, 5.74) is 1.25. The van der Waals surface area contributed by atoms with E-state index in [0.29, 0.717) is 0 Å². The van der Waals surface area contributed by atoms with Crippen LogP contribution in [0.1, 0.15) is 25.3 Å². The average Bonchev–Trinajstić information content (AvgIpc) is 3.02. The predicted molar refractivity (Wildman–Crippen MR) is 81.1 cm³/mol. The third-order valence-corrected chi connectivity index (χ3v) is 4.23. The van der Waals surface area contributed by atoms with Crippen molar-refractivity contribution < 1.29 is 5.11 Å². The Labute approximate surface area is 125 Å². The Balaban J connectivity index is 1.65. The van der Waals surface area contributed by atoms with E-state index in [-0.39, 0.29) is 12.0 Å². The van der Waals surface area contributed by atoms with Crippen molar-refractivity contribution in [2.24, 2.45) is 5.41 Å². The van der Waals surface area contributed by atoms with Crippen LogP contribution in [0.15, 0.2) is 37.1 Å². The fraction of sp³-hybridized carbons (Fsp3) is 0.500. The summed E-state index contributed by atoms with van der Waals surface area (Å²) in [5.74, 6) is 0.884. The van der Waals surface area contributed by atoms with Gasteiger partial charge in [0.2, 0.25) is 0 Å². The summed E-state index contributed by atoms with van der Waals surface area (Å²) in [5, 5.41) is 9.53. The molecule has 1 aliphatic heterocycles. The van der Waals surface area contributed by atoms with Crippen molar-refractivity contribution in [2.45, 2.75) is 26.3 Å². The first-order valence-electron chi connectivity index (χ1n) is 7.45. The van der Waals surface area contributed by atoms with Gasteiger partial charge in [-0.15, -0.1) is 0 Å². The first kappa shape index (κ1) is 14.2. The molecule has 3 rings (SSSR count). The van der Waals surface area contributed by atoms with Crippen LogP contribution in [0.2, 0.25) is 0 Å². The molecule has 0 amide bonds. The molecule has 0 aromatic carbocycles. The zero-order chi connectivity index (χ0) is 14.7. The van der Waals surface area contributed by atoms with Gasteiger partial charge in [0.25, 0.3) is 0 Å². The Morgan fingerprint density at radius 2 is 2.29 bits per heavy atom. The van der Waals surface area contributed by atoms with E-state index in [4.69, 9.17) is 0 Å². The summed E-state index contributed by atoms with van der Waals surface area (Å²) in [6, 6.07) is 4.14. The second-order valence-corrected chi connectivity index (χ2v) is 6.28. The zero-order valence-corrected chi connectivity index (χ0v) is 12.4. The van der Waals surface area contributed by atoms with Crippen molar-refractivity contribution in [3.63, 3.8) is 0 Å². The highest BCUT2D eigenvalue weighted by Gasteiger charge is 2.30. The van der Waals surface area contributed by atoms with E-state index in [2.05, 4.69) is 27.9 Å². The Morgan fingerprint density at radius 3 is 2.95 bits per heavy atom. The van der Waals surface area contributed by atoms with Crippen molar-refractivity contribution in [2.75, 3.05) is 19.7 Å². The highest BCUT2D eigenvalue weighted by molar-refractivity contribution is 5.25. The smallest absolute Gasteiger partial charge is 0.137 e. The van der Waals surface area contributed by atoms with Gasteiger partial charge in [-0.2, -0.15) is 0 Å². The minimum atomic E-state index is 0.0441. The van der Waals surface area contributed by atoms with E-state index in [1.165, 1.54) is 5.56 Å². The van der Waals surface area contributed by atoms with E-state index in [0.717, 1.165) is 38.3 Å². The molecule has 2 aromatic rings. The number of pyridine rings is 1. The maximum Gasteiger partial charge on any atom is 0.137 e. The SMILES string of the molecule is CC1(CO)CCCN(Cc2ccc(-n3ccnc3)nc2)C1. The van der Waals surface area contributed by atoms with Gasteiger partial charge < -0.3 is 5.11 Å². The van der Waals surface area contributed by atoms with Crippen molar-refractivity contribution >= 4 is 0 Å². The van der Waals surface area contributed by atoms with Crippen LogP contribution in [-0.4, -0.2) is 44.2 Å². The lowest BCUT2D eigenvalue weighted by Gasteiger charge is -2.39. The van der Waals surface area contributed by atoms with E-state index in [1.54, 1.807) is 12.5 Å². The quantitative estimate of drug-likeness (QED) is 0.932. The molecular formula is C16H22N4O. The molecule has 1 fully saturated rings. The number of imidazole rings is 1. The molecule has 0 radical (unpaired) electrons. The van der Waals surface area contributed by atoms with Crippen molar-refractivity contribution in [1.29, 1.82) is 0 Å². The van der Waals surface area contributed by atoms with Gasteiger partial charge in [0, 0.05) is 43.7 Å². The first-order valence-corrected chi connectivity index (χ1v) is 7.45. The van der Waals surface area contributed by atoms with Gasteiger partial charge in [0.15, 0.2) is 0 Å². The monoisotopic (exact) mass is 286 g/mol. The van der Waals surface area contributed by atoms with Gasteiger partial charge in [0.05, 0.1) is 0 Å². The number of aliphatic hydroxyl groups excluding tert-OH is 1. The Kier molecular flexibility index (Phi) is 4.03. The molecule has 5 nitrogen and oxygen atoms in total. The maximum absolute atomic E-state index is 9.53. The molecule has 1 unspecified atom stereocenters. The summed E-state index contributed by atoms with van der Waals surface area (Å²) in [6.45, 7) is 5.37. The van der Waals surface area contributed by atoms with Gasteiger partial charge in [-0.05, 0) is 31.0 Å². The lowest BCUT2D eigenvalue weighted by Crippen LogP contribution is -2.43. The van der Waals surface area contributed by atoms with Gasteiger partial charge in [-0.25, -0.2) is 9.97 Å². The average molecular weight is 286 g/mol. The standard InChI is InChI=1S/C16H22N4O/c1-16(12-21)5-2-7-19(11-16)10-14-3-4-15(18-9-14)20-8-6-17-13-20/h3-4,6,8-9,13,21H,2,5,7,10-12H2,1H3. The van der Waals surface area contributed by atoms with Crippen LogP contribution in [0.3, 0.4) is 0 Å². The van der Waals surface area contributed by atoms with Gasteiger partial charge in [-0.3, -0.25) is 9.47 Å². The first-order chi connectivity index (χ1) is 10.2. The molecule has 0 saturated carbocycles. The number of nitrogens with zero attached hydrogens (tertiary/aromatic N) is 4. The molecule has 21 heavy (non-hydrogen) atoms. The van der Waals surface area contributed by atoms with E-state index in [1.807, 2.05) is 23.0 Å². The van der Waals surface area contributed by atoms with Crippen LogP contribution < -0.4 is 0 Å². The number of rotatable bonds is 4. The van der Waals surface area contributed by atoms with Gasteiger partial charge in [-0.1, -0.05) is 13.0 Å². The second kappa shape index (κ2) is 5.95. The zero-order valence-electron chi connectivity index (χ0n) is 12.4. The summed E-state index contributed by atoms with van der Waals surface area (Å²) >= 11 is 0. The van der Waals surface area contributed by atoms with Gasteiger partial charge >= 0.3 is 0 Å². The largest absolute Gasteiger partial charge is 0.396 e. The summed E-state index contributed by atoms with van der Waals surface area (Å²) < 4.78 is 1.90. The molecule has 0 bridgehead atoms. The third kappa shape index (κ3) is 3.31. The van der Waals surface area contributed by atoms with E-state index < -0.39 is 0 Å². The summed E-state index contributed by atoms with van der Waals surface area (Å²) in [6.07, 6.45) is 9.58. The summed E-state index contributed by atoms with van der Waals surface area (Å²) in [4.78, 5) is 10.9. The third-order valence-electron chi connectivity index (χ3n) is 4.23. The maximum atomic E-state index is 9.53. The van der Waals surface area contributed by atoms with Gasteiger partial charge in [0.1, 0.15) is 12.1 Å². The summed E-state index contributed by atoms with van der Waals surface area (Å²) in [7, 11) is 0. The van der Waals surface area contributed by atoms with E-state index >= 15 is 0 Å². The minimum Gasteiger partial charge on any atom is -0.396 e. The lowest BCUT2D eigenvalue weighted by atomic mass is 9.83. The minimum absolute atomic E-state index is 0.0441. The molecule has 3 heterocycles. The molecule has 1 saturated heterocycles. The molecule has 0 aliphatic carbocycles. The fourth-order valence-electron chi connectivity index (χ4n) is 3.01.